The van der Waals surface area contributed by atoms with E-state index < -0.39 is 10.8 Å². The molecule has 0 atom stereocenters. The molecule has 2 aromatic carbocycles. The molecule has 2 aromatic rings. The van der Waals surface area contributed by atoms with Crippen molar-refractivity contribution in [1.82, 2.24) is 0 Å². The molecule has 0 aromatic heterocycles. The van der Waals surface area contributed by atoms with Gasteiger partial charge in [0.2, 0.25) is 0 Å². The van der Waals surface area contributed by atoms with Gasteiger partial charge in [-0.3, -0.25) is 14.9 Å². The summed E-state index contributed by atoms with van der Waals surface area (Å²) >= 11 is 5.76. The molecule has 6 heteroatoms. The molecule has 0 saturated carbocycles. The monoisotopic (exact) mass is 304 g/mol. The Kier molecular flexibility index (Phi) is 4.23. The SMILES string of the molecule is Cc1cc(C)c(NC(=O)c2ccc(Cl)cc2)c([N+](=O)[O-])c1. The number of rotatable bonds is 3. The Hall–Kier alpha value is -2.40. The third-order valence-corrected chi connectivity index (χ3v) is 3.25. The van der Waals surface area contributed by atoms with Gasteiger partial charge >= 0.3 is 0 Å². The summed E-state index contributed by atoms with van der Waals surface area (Å²) in [5.41, 5.74) is 1.89. The van der Waals surface area contributed by atoms with Crippen molar-refractivity contribution in [3.05, 3.63) is 68.2 Å². The van der Waals surface area contributed by atoms with Crippen LogP contribution in [-0.2, 0) is 0 Å². The number of halogens is 1. The van der Waals surface area contributed by atoms with E-state index in [-0.39, 0.29) is 11.4 Å². The number of nitro groups is 1. The van der Waals surface area contributed by atoms with E-state index in [4.69, 9.17) is 11.6 Å². The van der Waals surface area contributed by atoms with Crippen molar-refractivity contribution >= 4 is 28.9 Å². The first-order valence-corrected chi connectivity index (χ1v) is 6.59. The van der Waals surface area contributed by atoms with Crippen molar-refractivity contribution in [3.63, 3.8) is 0 Å². The molecular formula is C15H13ClN2O3. The molecule has 0 aliphatic rings. The van der Waals surface area contributed by atoms with E-state index in [0.717, 1.165) is 5.56 Å². The van der Waals surface area contributed by atoms with E-state index in [1.807, 2.05) is 0 Å². The number of anilines is 1. The molecule has 0 saturated heterocycles. The van der Waals surface area contributed by atoms with Gasteiger partial charge in [0.15, 0.2) is 0 Å². The van der Waals surface area contributed by atoms with Crippen LogP contribution >= 0.6 is 11.6 Å². The third kappa shape index (κ3) is 3.38. The Bertz CT molecular complexity index is 712. The zero-order valence-electron chi connectivity index (χ0n) is 11.5. The lowest BCUT2D eigenvalue weighted by Gasteiger charge is -2.10. The predicted octanol–water partition coefficient (Wildman–Crippen LogP) is 4.12. The Morgan fingerprint density at radius 2 is 1.81 bits per heavy atom. The second-order valence-corrected chi connectivity index (χ2v) is 5.13. The van der Waals surface area contributed by atoms with E-state index in [9.17, 15) is 14.9 Å². The number of hydrogen-bond acceptors (Lipinski definition) is 3. The molecule has 5 nitrogen and oxygen atoms in total. The predicted molar refractivity (Wildman–Crippen MR) is 82.0 cm³/mol. The number of benzene rings is 2. The summed E-state index contributed by atoms with van der Waals surface area (Å²) in [5, 5.41) is 14.2. The van der Waals surface area contributed by atoms with E-state index in [1.54, 1.807) is 44.2 Å². The number of aryl methyl sites for hydroxylation is 2. The van der Waals surface area contributed by atoms with E-state index in [2.05, 4.69) is 5.32 Å². The Morgan fingerprint density at radius 1 is 1.19 bits per heavy atom. The largest absolute Gasteiger partial charge is 0.316 e. The fraction of sp³-hybridized carbons (Fsp3) is 0.133. The molecule has 1 amide bonds. The molecule has 0 bridgehead atoms. The van der Waals surface area contributed by atoms with Crippen molar-refractivity contribution < 1.29 is 9.72 Å². The molecule has 0 aliphatic carbocycles. The Labute approximate surface area is 126 Å². The van der Waals surface area contributed by atoms with Crippen LogP contribution in [0.1, 0.15) is 21.5 Å². The first-order chi connectivity index (χ1) is 9.88. The standard InChI is InChI=1S/C15H13ClN2O3/c1-9-7-10(2)14(13(8-9)18(20)21)17-15(19)11-3-5-12(16)6-4-11/h3-8H,1-2H3,(H,17,19). The highest BCUT2D eigenvalue weighted by Gasteiger charge is 2.19. The van der Waals surface area contributed by atoms with Gasteiger partial charge in [-0.25, -0.2) is 0 Å². The number of hydrogen-bond donors (Lipinski definition) is 1. The number of nitrogens with one attached hydrogen (secondary N) is 1. The lowest BCUT2D eigenvalue weighted by molar-refractivity contribution is -0.384. The normalized spacial score (nSPS) is 10.2. The van der Waals surface area contributed by atoms with Gasteiger partial charge in [-0.2, -0.15) is 0 Å². The van der Waals surface area contributed by atoms with Crippen LogP contribution in [0, 0.1) is 24.0 Å². The van der Waals surface area contributed by atoms with Crippen LogP contribution in [-0.4, -0.2) is 10.8 Å². The van der Waals surface area contributed by atoms with Gasteiger partial charge in [-0.15, -0.1) is 0 Å². The summed E-state index contributed by atoms with van der Waals surface area (Å²) in [6.45, 7) is 3.49. The quantitative estimate of drug-likeness (QED) is 0.685. The third-order valence-electron chi connectivity index (χ3n) is 3.00. The number of carbonyl (C=O) groups is 1. The summed E-state index contributed by atoms with van der Waals surface area (Å²) < 4.78 is 0. The molecule has 0 radical (unpaired) electrons. The summed E-state index contributed by atoms with van der Waals surface area (Å²) in [5.74, 6) is -0.415. The van der Waals surface area contributed by atoms with Crippen LogP contribution in [0.25, 0.3) is 0 Å². The summed E-state index contributed by atoms with van der Waals surface area (Å²) in [6, 6.07) is 9.52. The molecule has 0 fully saturated rings. The smallest absolute Gasteiger partial charge is 0.293 e. The van der Waals surface area contributed by atoms with Crippen LogP contribution in [0.15, 0.2) is 36.4 Å². The number of carbonyl (C=O) groups excluding carboxylic acids is 1. The van der Waals surface area contributed by atoms with Crippen LogP contribution in [0.3, 0.4) is 0 Å². The average Bonchev–Trinajstić information content (AvgIpc) is 2.41. The van der Waals surface area contributed by atoms with Gasteiger partial charge in [0.25, 0.3) is 11.6 Å². The zero-order chi connectivity index (χ0) is 15.6. The maximum absolute atomic E-state index is 12.2. The first-order valence-electron chi connectivity index (χ1n) is 6.21. The fourth-order valence-corrected chi connectivity index (χ4v) is 2.16. The summed E-state index contributed by atoms with van der Waals surface area (Å²) in [4.78, 5) is 22.8. The van der Waals surface area contributed by atoms with Gasteiger partial charge in [-0.1, -0.05) is 17.7 Å². The van der Waals surface area contributed by atoms with Crippen molar-refractivity contribution in [3.8, 4) is 0 Å². The van der Waals surface area contributed by atoms with Crippen LogP contribution in [0.4, 0.5) is 11.4 Å². The highest BCUT2D eigenvalue weighted by Crippen LogP contribution is 2.30. The molecule has 1 N–H and O–H groups in total. The van der Waals surface area contributed by atoms with Crippen LogP contribution in [0.2, 0.25) is 5.02 Å². The highest BCUT2D eigenvalue weighted by atomic mass is 35.5. The van der Waals surface area contributed by atoms with Gasteiger partial charge in [0.05, 0.1) is 4.92 Å². The Balaban J connectivity index is 2.37. The maximum atomic E-state index is 12.2. The van der Waals surface area contributed by atoms with Gasteiger partial charge in [0.1, 0.15) is 5.69 Å². The molecule has 0 heterocycles. The molecule has 2 rings (SSSR count). The average molecular weight is 305 g/mol. The molecule has 108 valence electrons. The lowest BCUT2D eigenvalue weighted by Crippen LogP contribution is -2.14. The van der Waals surface area contributed by atoms with Gasteiger partial charge < -0.3 is 5.32 Å². The van der Waals surface area contributed by atoms with E-state index in [1.165, 1.54) is 6.07 Å². The van der Waals surface area contributed by atoms with Gasteiger partial charge in [0, 0.05) is 16.7 Å². The Morgan fingerprint density at radius 3 is 2.38 bits per heavy atom. The summed E-state index contributed by atoms with van der Waals surface area (Å²) in [6.07, 6.45) is 0. The molecule has 0 spiro atoms. The number of nitrogens with zero attached hydrogens (tertiary/aromatic N) is 1. The zero-order valence-corrected chi connectivity index (χ0v) is 12.3. The minimum absolute atomic E-state index is 0.116. The van der Waals surface area contributed by atoms with Crippen molar-refractivity contribution in [1.29, 1.82) is 0 Å². The van der Waals surface area contributed by atoms with Crippen LogP contribution < -0.4 is 5.32 Å². The maximum Gasteiger partial charge on any atom is 0.293 e. The van der Waals surface area contributed by atoms with Crippen molar-refractivity contribution in [2.75, 3.05) is 5.32 Å². The van der Waals surface area contributed by atoms with Crippen molar-refractivity contribution in [2.24, 2.45) is 0 Å². The topological polar surface area (TPSA) is 72.2 Å². The molecule has 0 unspecified atom stereocenters. The summed E-state index contributed by atoms with van der Waals surface area (Å²) in [7, 11) is 0. The lowest BCUT2D eigenvalue weighted by atomic mass is 10.1. The van der Waals surface area contributed by atoms with Crippen molar-refractivity contribution in [2.45, 2.75) is 13.8 Å². The molecule has 21 heavy (non-hydrogen) atoms. The van der Waals surface area contributed by atoms with E-state index >= 15 is 0 Å². The first kappa shape index (κ1) is 15.0. The fourth-order valence-electron chi connectivity index (χ4n) is 2.04. The number of nitro benzene ring substituents is 1. The second-order valence-electron chi connectivity index (χ2n) is 4.69. The molecule has 0 aliphatic heterocycles. The van der Waals surface area contributed by atoms with Gasteiger partial charge in [-0.05, 0) is 49.2 Å². The molecular weight excluding hydrogens is 292 g/mol. The highest BCUT2D eigenvalue weighted by molar-refractivity contribution is 6.30. The minimum Gasteiger partial charge on any atom is -0.316 e. The second kappa shape index (κ2) is 5.93. The van der Waals surface area contributed by atoms with E-state index in [0.29, 0.717) is 16.1 Å². The van der Waals surface area contributed by atoms with Crippen LogP contribution in [0.5, 0.6) is 0 Å². The minimum atomic E-state index is -0.503. The number of amides is 1.